The van der Waals surface area contributed by atoms with Crippen LogP contribution in [0.25, 0.3) is 0 Å². The van der Waals surface area contributed by atoms with Gasteiger partial charge in [0, 0.05) is 34.0 Å². The first-order valence-electron chi connectivity index (χ1n) is 4.85. The zero-order chi connectivity index (χ0) is 11.4. The summed E-state index contributed by atoms with van der Waals surface area (Å²) in [7, 11) is 0. The molecule has 0 bridgehead atoms. The maximum Gasteiger partial charge on any atom is 0.0785 e. The van der Waals surface area contributed by atoms with Crippen molar-refractivity contribution in [1.29, 1.82) is 0 Å². The first-order chi connectivity index (χ1) is 7.74. The molecule has 3 nitrogen and oxygen atoms in total. The van der Waals surface area contributed by atoms with E-state index >= 15 is 0 Å². The molecular weight excluding hydrogens is 310 g/mol. The molecule has 0 unspecified atom stereocenters. The molecular formula is C10H11BrClN3S. The summed E-state index contributed by atoms with van der Waals surface area (Å²) in [5, 5.41) is 10.2. The fourth-order valence-corrected chi connectivity index (χ4v) is 2.89. The molecule has 16 heavy (non-hydrogen) atoms. The highest BCUT2D eigenvalue weighted by atomic mass is 79.9. The highest BCUT2D eigenvalue weighted by Gasteiger charge is 1.98. The van der Waals surface area contributed by atoms with Crippen molar-refractivity contribution in [2.45, 2.75) is 13.1 Å². The molecule has 0 fully saturated rings. The van der Waals surface area contributed by atoms with Crippen molar-refractivity contribution in [2.24, 2.45) is 0 Å². The largest absolute Gasteiger partial charge is 0.310 e. The van der Waals surface area contributed by atoms with Gasteiger partial charge in [0.2, 0.25) is 0 Å². The van der Waals surface area contributed by atoms with E-state index in [1.165, 1.54) is 4.88 Å². The number of nitrogens with one attached hydrogen (secondary N) is 1. The van der Waals surface area contributed by atoms with Crippen LogP contribution >= 0.6 is 38.9 Å². The molecule has 0 spiro atoms. The standard InChI is InChI=1S/C10H11BrClN3S/c11-8-3-10(16-7-8)5-13-1-2-15-6-9(12)4-14-15/h3-4,6-7,13H,1-2,5H2. The molecule has 0 amide bonds. The summed E-state index contributed by atoms with van der Waals surface area (Å²) in [6.45, 7) is 2.61. The lowest BCUT2D eigenvalue weighted by Crippen LogP contribution is -2.19. The number of nitrogens with zero attached hydrogens (tertiary/aromatic N) is 2. The fourth-order valence-electron chi connectivity index (χ4n) is 1.31. The smallest absolute Gasteiger partial charge is 0.0785 e. The van der Waals surface area contributed by atoms with Crippen LogP contribution in [0.4, 0.5) is 0 Å². The van der Waals surface area contributed by atoms with Gasteiger partial charge in [-0.15, -0.1) is 11.3 Å². The molecule has 0 saturated heterocycles. The second kappa shape index (κ2) is 5.82. The van der Waals surface area contributed by atoms with E-state index in [9.17, 15) is 0 Å². The van der Waals surface area contributed by atoms with E-state index in [0.29, 0.717) is 5.02 Å². The minimum atomic E-state index is 0.683. The third-order valence-corrected chi connectivity index (χ3v) is 3.93. The Labute approximate surface area is 112 Å². The molecule has 6 heteroatoms. The van der Waals surface area contributed by atoms with Gasteiger partial charge < -0.3 is 5.32 Å². The second-order valence-corrected chi connectivity index (χ2v) is 5.68. The molecule has 0 aliphatic heterocycles. The number of hydrogen-bond donors (Lipinski definition) is 1. The van der Waals surface area contributed by atoms with Gasteiger partial charge in [0.05, 0.1) is 17.8 Å². The zero-order valence-corrected chi connectivity index (χ0v) is 11.6. The number of hydrogen-bond acceptors (Lipinski definition) is 3. The Morgan fingerprint density at radius 2 is 2.44 bits per heavy atom. The minimum absolute atomic E-state index is 0.683. The predicted octanol–water partition coefficient (Wildman–Crippen LogP) is 3.15. The van der Waals surface area contributed by atoms with Crippen molar-refractivity contribution >= 4 is 38.9 Å². The maximum absolute atomic E-state index is 5.76. The molecule has 2 rings (SSSR count). The lowest BCUT2D eigenvalue weighted by molar-refractivity contribution is 0.557. The van der Waals surface area contributed by atoms with Gasteiger partial charge >= 0.3 is 0 Å². The van der Waals surface area contributed by atoms with Gasteiger partial charge in [-0.25, -0.2) is 0 Å². The van der Waals surface area contributed by atoms with E-state index in [0.717, 1.165) is 24.1 Å². The molecule has 0 radical (unpaired) electrons. The Bertz CT molecular complexity index is 412. The van der Waals surface area contributed by atoms with Crippen LogP contribution in [0.15, 0.2) is 28.3 Å². The molecule has 2 aromatic rings. The van der Waals surface area contributed by atoms with Crippen LogP contribution < -0.4 is 5.32 Å². The molecule has 0 saturated carbocycles. The average Bonchev–Trinajstić information content (AvgIpc) is 2.83. The van der Waals surface area contributed by atoms with E-state index in [1.54, 1.807) is 17.5 Å². The molecule has 86 valence electrons. The van der Waals surface area contributed by atoms with Crippen molar-refractivity contribution in [2.75, 3.05) is 6.54 Å². The maximum atomic E-state index is 5.76. The van der Waals surface area contributed by atoms with Crippen molar-refractivity contribution in [3.05, 3.63) is 38.2 Å². The molecule has 0 aliphatic carbocycles. The minimum Gasteiger partial charge on any atom is -0.310 e. The Balaban J connectivity index is 1.69. The number of thiophene rings is 1. The van der Waals surface area contributed by atoms with Gasteiger partial charge in [0.25, 0.3) is 0 Å². The van der Waals surface area contributed by atoms with Gasteiger partial charge in [-0.1, -0.05) is 11.6 Å². The van der Waals surface area contributed by atoms with Crippen molar-refractivity contribution in [3.8, 4) is 0 Å². The summed E-state index contributed by atoms with van der Waals surface area (Å²) in [6, 6.07) is 2.13. The summed E-state index contributed by atoms with van der Waals surface area (Å²) < 4.78 is 2.98. The van der Waals surface area contributed by atoms with Crippen molar-refractivity contribution in [1.82, 2.24) is 15.1 Å². The van der Waals surface area contributed by atoms with E-state index in [2.05, 4.69) is 37.8 Å². The Morgan fingerprint density at radius 1 is 1.56 bits per heavy atom. The molecule has 0 atom stereocenters. The quantitative estimate of drug-likeness (QED) is 0.858. The predicted molar refractivity (Wildman–Crippen MR) is 71.0 cm³/mol. The molecule has 0 aliphatic rings. The zero-order valence-electron chi connectivity index (χ0n) is 8.49. The molecule has 2 aromatic heterocycles. The number of halogens is 2. The van der Waals surface area contributed by atoms with E-state index < -0.39 is 0 Å². The highest BCUT2D eigenvalue weighted by Crippen LogP contribution is 2.19. The van der Waals surface area contributed by atoms with Crippen LogP contribution in [0, 0.1) is 0 Å². The highest BCUT2D eigenvalue weighted by molar-refractivity contribution is 9.10. The van der Waals surface area contributed by atoms with E-state index in [-0.39, 0.29) is 0 Å². The molecule has 1 N–H and O–H groups in total. The average molecular weight is 321 g/mol. The molecule has 0 aromatic carbocycles. The number of rotatable bonds is 5. The Kier molecular flexibility index (Phi) is 4.40. The second-order valence-electron chi connectivity index (χ2n) is 3.33. The first kappa shape index (κ1) is 12.1. The SMILES string of the molecule is Clc1cnn(CCNCc2cc(Br)cs2)c1. The topological polar surface area (TPSA) is 29.9 Å². The fraction of sp³-hybridized carbons (Fsp3) is 0.300. The summed E-state index contributed by atoms with van der Waals surface area (Å²) in [4.78, 5) is 1.32. The van der Waals surface area contributed by atoms with Crippen molar-refractivity contribution < 1.29 is 0 Å². The van der Waals surface area contributed by atoms with Gasteiger partial charge in [0.15, 0.2) is 0 Å². The Morgan fingerprint density at radius 3 is 3.06 bits per heavy atom. The summed E-state index contributed by atoms with van der Waals surface area (Å²) in [6.07, 6.45) is 3.48. The third-order valence-electron chi connectivity index (χ3n) is 2.04. The summed E-state index contributed by atoms with van der Waals surface area (Å²) in [5.41, 5.74) is 0. The third kappa shape index (κ3) is 3.59. The molecule has 2 heterocycles. The monoisotopic (exact) mass is 319 g/mol. The normalized spacial score (nSPS) is 10.9. The lowest BCUT2D eigenvalue weighted by atomic mass is 10.4. The summed E-state index contributed by atoms with van der Waals surface area (Å²) >= 11 is 10.9. The van der Waals surface area contributed by atoms with Gasteiger partial charge in [-0.05, 0) is 22.0 Å². The van der Waals surface area contributed by atoms with Crippen LogP contribution in [0.3, 0.4) is 0 Å². The van der Waals surface area contributed by atoms with Gasteiger partial charge in [-0.3, -0.25) is 4.68 Å². The van der Waals surface area contributed by atoms with Crippen molar-refractivity contribution in [3.63, 3.8) is 0 Å². The van der Waals surface area contributed by atoms with Crippen LogP contribution in [0.2, 0.25) is 5.02 Å². The van der Waals surface area contributed by atoms with Gasteiger partial charge in [-0.2, -0.15) is 5.10 Å². The lowest BCUT2D eigenvalue weighted by Gasteiger charge is -2.02. The first-order valence-corrected chi connectivity index (χ1v) is 6.91. The van der Waals surface area contributed by atoms with Crippen LogP contribution in [-0.4, -0.2) is 16.3 Å². The van der Waals surface area contributed by atoms with Crippen LogP contribution in [0.1, 0.15) is 4.88 Å². The Hall–Kier alpha value is -0.360. The van der Waals surface area contributed by atoms with E-state index in [1.807, 2.05) is 10.9 Å². The number of aromatic nitrogens is 2. The van der Waals surface area contributed by atoms with E-state index in [4.69, 9.17) is 11.6 Å². The van der Waals surface area contributed by atoms with Crippen LogP contribution in [0.5, 0.6) is 0 Å². The summed E-state index contributed by atoms with van der Waals surface area (Å²) in [5.74, 6) is 0. The van der Waals surface area contributed by atoms with Crippen LogP contribution in [-0.2, 0) is 13.1 Å². The van der Waals surface area contributed by atoms with Gasteiger partial charge in [0.1, 0.15) is 0 Å².